The molecule has 2 saturated heterocycles. The number of rotatable bonds is 7. The second kappa shape index (κ2) is 7.78. The van der Waals surface area contributed by atoms with Crippen LogP contribution in [0.4, 0.5) is 0 Å². The van der Waals surface area contributed by atoms with Gasteiger partial charge in [-0.3, -0.25) is 9.69 Å². The van der Waals surface area contributed by atoms with Crippen molar-refractivity contribution in [1.29, 1.82) is 0 Å². The molecule has 1 aromatic rings. The molecular formula is C21H28N2O3. The number of amides is 1. The molecule has 1 aromatic carbocycles. The first kappa shape index (κ1) is 17.5. The van der Waals surface area contributed by atoms with Gasteiger partial charge in [0.05, 0.1) is 13.2 Å². The Balaban J connectivity index is 1.36. The molecule has 1 amide bonds. The van der Waals surface area contributed by atoms with Crippen molar-refractivity contribution in [2.45, 2.75) is 50.5 Å². The van der Waals surface area contributed by atoms with Gasteiger partial charge in [0.2, 0.25) is 5.91 Å². The summed E-state index contributed by atoms with van der Waals surface area (Å²) in [5.74, 6) is 1.82. The van der Waals surface area contributed by atoms with Crippen molar-refractivity contribution in [2.75, 3.05) is 32.8 Å². The Bertz CT molecular complexity index is 675. The van der Waals surface area contributed by atoms with Gasteiger partial charge in [0, 0.05) is 38.5 Å². The fourth-order valence-corrected chi connectivity index (χ4v) is 4.76. The topological polar surface area (TPSA) is 49.9 Å². The zero-order valence-corrected chi connectivity index (χ0v) is 15.4. The summed E-state index contributed by atoms with van der Waals surface area (Å²) in [6, 6.07) is 7.04. The van der Waals surface area contributed by atoms with E-state index < -0.39 is 0 Å². The van der Waals surface area contributed by atoms with Crippen LogP contribution in [-0.2, 0) is 16.0 Å². The maximum absolute atomic E-state index is 11.8. The summed E-state index contributed by atoms with van der Waals surface area (Å²) in [6.07, 6.45) is 6.92. The summed E-state index contributed by atoms with van der Waals surface area (Å²) in [4.78, 5) is 27.2. The fourth-order valence-electron chi connectivity index (χ4n) is 4.76. The van der Waals surface area contributed by atoms with Crippen LogP contribution in [0.5, 0.6) is 5.75 Å². The highest BCUT2D eigenvalue weighted by atomic mass is 16.5. The van der Waals surface area contributed by atoms with Gasteiger partial charge in [-0.1, -0.05) is 12.1 Å². The van der Waals surface area contributed by atoms with E-state index in [1.54, 1.807) is 0 Å². The highest BCUT2D eigenvalue weighted by molar-refractivity contribution is 5.77. The average molecular weight is 356 g/mol. The predicted octanol–water partition coefficient (Wildman–Crippen LogP) is 2.38. The predicted molar refractivity (Wildman–Crippen MR) is 99.5 cm³/mol. The Labute approximate surface area is 155 Å². The third-order valence-corrected chi connectivity index (χ3v) is 6.16. The Kier molecular flexibility index (Phi) is 5.25. The SMILES string of the molecule is O=CCN1CC(c2ccc3c(c2)CCO3)CC1CCCN1CCCC1=O. The number of hydrogen-bond donors (Lipinski definition) is 0. The monoisotopic (exact) mass is 356 g/mol. The number of aldehydes is 1. The van der Waals surface area contributed by atoms with E-state index in [-0.39, 0.29) is 0 Å². The zero-order chi connectivity index (χ0) is 17.9. The smallest absolute Gasteiger partial charge is 0.222 e. The van der Waals surface area contributed by atoms with Gasteiger partial charge >= 0.3 is 0 Å². The number of benzene rings is 1. The molecule has 0 aliphatic carbocycles. The molecule has 3 aliphatic heterocycles. The van der Waals surface area contributed by atoms with E-state index in [4.69, 9.17) is 4.74 Å². The molecule has 2 atom stereocenters. The van der Waals surface area contributed by atoms with E-state index in [2.05, 4.69) is 23.1 Å². The molecule has 0 bridgehead atoms. The maximum Gasteiger partial charge on any atom is 0.222 e. The van der Waals surface area contributed by atoms with E-state index >= 15 is 0 Å². The molecular weight excluding hydrogens is 328 g/mol. The minimum Gasteiger partial charge on any atom is -0.493 e. The molecule has 26 heavy (non-hydrogen) atoms. The van der Waals surface area contributed by atoms with Gasteiger partial charge in [-0.25, -0.2) is 0 Å². The van der Waals surface area contributed by atoms with Gasteiger partial charge < -0.3 is 14.4 Å². The van der Waals surface area contributed by atoms with Crippen LogP contribution in [0.2, 0.25) is 0 Å². The quantitative estimate of drug-likeness (QED) is 0.704. The lowest BCUT2D eigenvalue weighted by molar-refractivity contribution is -0.127. The van der Waals surface area contributed by atoms with Gasteiger partial charge in [0.15, 0.2) is 0 Å². The normalized spacial score (nSPS) is 25.5. The number of likely N-dealkylation sites (tertiary alicyclic amines) is 2. The van der Waals surface area contributed by atoms with E-state index in [0.717, 1.165) is 70.4 Å². The lowest BCUT2D eigenvalue weighted by Gasteiger charge is -2.23. The van der Waals surface area contributed by atoms with E-state index in [1.807, 2.05) is 4.90 Å². The third kappa shape index (κ3) is 3.63. The Morgan fingerprint density at radius 1 is 1.27 bits per heavy atom. The van der Waals surface area contributed by atoms with E-state index in [9.17, 15) is 9.59 Å². The van der Waals surface area contributed by atoms with E-state index in [0.29, 0.717) is 30.8 Å². The fraction of sp³-hybridized carbons (Fsp3) is 0.619. The lowest BCUT2D eigenvalue weighted by Crippen LogP contribution is -2.32. The highest BCUT2D eigenvalue weighted by Gasteiger charge is 2.33. The maximum atomic E-state index is 11.8. The largest absolute Gasteiger partial charge is 0.493 e. The average Bonchev–Trinajstić information content (AvgIpc) is 3.36. The van der Waals surface area contributed by atoms with Gasteiger partial charge in [-0.05, 0) is 48.8 Å². The van der Waals surface area contributed by atoms with Crippen molar-refractivity contribution < 1.29 is 14.3 Å². The molecule has 2 unspecified atom stereocenters. The van der Waals surface area contributed by atoms with Crippen molar-refractivity contribution in [1.82, 2.24) is 9.80 Å². The second-order valence-corrected chi connectivity index (χ2v) is 7.80. The first-order valence-corrected chi connectivity index (χ1v) is 9.95. The summed E-state index contributed by atoms with van der Waals surface area (Å²) >= 11 is 0. The third-order valence-electron chi connectivity index (χ3n) is 6.16. The molecule has 3 heterocycles. The number of hydrogen-bond acceptors (Lipinski definition) is 4. The number of nitrogens with zero attached hydrogens (tertiary/aromatic N) is 2. The molecule has 0 saturated carbocycles. The zero-order valence-electron chi connectivity index (χ0n) is 15.4. The van der Waals surface area contributed by atoms with Crippen molar-refractivity contribution >= 4 is 12.2 Å². The van der Waals surface area contributed by atoms with Gasteiger partial charge in [-0.15, -0.1) is 0 Å². The summed E-state index contributed by atoms with van der Waals surface area (Å²) < 4.78 is 5.62. The molecule has 4 rings (SSSR count). The molecule has 3 aliphatic rings. The van der Waals surface area contributed by atoms with Crippen LogP contribution >= 0.6 is 0 Å². The molecule has 0 aromatic heterocycles. The minimum atomic E-state index is 0.305. The second-order valence-electron chi connectivity index (χ2n) is 7.80. The molecule has 0 N–H and O–H groups in total. The number of carbonyl (C=O) groups excluding carboxylic acids is 2. The molecule has 140 valence electrons. The van der Waals surface area contributed by atoms with Gasteiger partial charge in [0.25, 0.3) is 0 Å². The first-order chi connectivity index (χ1) is 12.7. The Morgan fingerprint density at radius 3 is 3.00 bits per heavy atom. The lowest BCUT2D eigenvalue weighted by atomic mass is 9.93. The van der Waals surface area contributed by atoms with Crippen LogP contribution in [0.15, 0.2) is 18.2 Å². The summed E-state index contributed by atoms with van der Waals surface area (Å²) in [7, 11) is 0. The Hall–Kier alpha value is -1.88. The molecule has 0 radical (unpaired) electrons. The van der Waals surface area contributed by atoms with Crippen molar-refractivity contribution in [2.24, 2.45) is 0 Å². The first-order valence-electron chi connectivity index (χ1n) is 9.95. The molecule has 2 fully saturated rings. The Morgan fingerprint density at radius 2 is 2.19 bits per heavy atom. The van der Waals surface area contributed by atoms with Crippen molar-refractivity contribution in [3.8, 4) is 5.75 Å². The summed E-state index contributed by atoms with van der Waals surface area (Å²) in [5, 5.41) is 0. The number of carbonyl (C=O) groups is 2. The van der Waals surface area contributed by atoms with Gasteiger partial charge in [0.1, 0.15) is 12.0 Å². The number of ether oxygens (including phenoxy) is 1. The standard InChI is InChI=1S/C21H28N2O3/c24-11-10-23-15-18(16-5-6-20-17(13-16)7-12-26-20)14-19(23)3-1-8-22-9-2-4-21(22)25/h5-6,11,13,18-19H,1-4,7-10,12,14-15H2. The highest BCUT2D eigenvalue weighted by Crippen LogP contribution is 2.36. The van der Waals surface area contributed by atoms with Gasteiger partial charge in [-0.2, -0.15) is 0 Å². The molecule has 0 spiro atoms. The van der Waals surface area contributed by atoms with Crippen LogP contribution in [0, 0.1) is 0 Å². The van der Waals surface area contributed by atoms with Crippen LogP contribution in [0.25, 0.3) is 0 Å². The minimum absolute atomic E-state index is 0.305. The molecule has 5 nitrogen and oxygen atoms in total. The van der Waals surface area contributed by atoms with Crippen LogP contribution < -0.4 is 4.74 Å². The van der Waals surface area contributed by atoms with Crippen molar-refractivity contribution in [3.63, 3.8) is 0 Å². The van der Waals surface area contributed by atoms with Crippen LogP contribution in [0.1, 0.15) is 49.1 Å². The number of fused-ring (bicyclic) bond motifs is 1. The van der Waals surface area contributed by atoms with Crippen LogP contribution in [-0.4, -0.2) is 60.8 Å². The summed E-state index contributed by atoms with van der Waals surface area (Å²) in [5.41, 5.74) is 2.70. The van der Waals surface area contributed by atoms with Crippen molar-refractivity contribution in [3.05, 3.63) is 29.3 Å². The molecule has 5 heteroatoms. The van der Waals surface area contributed by atoms with Crippen LogP contribution in [0.3, 0.4) is 0 Å². The van der Waals surface area contributed by atoms with E-state index in [1.165, 1.54) is 11.1 Å². The summed E-state index contributed by atoms with van der Waals surface area (Å²) in [6.45, 7) is 4.04.